The third kappa shape index (κ3) is 8.00. The summed E-state index contributed by atoms with van der Waals surface area (Å²) in [4.78, 5) is 24.8. The Morgan fingerprint density at radius 1 is 0.891 bits per heavy atom. The highest BCUT2D eigenvalue weighted by molar-refractivity contribution is 5.93. The number of carbonyl (C=O) groups excluding carboxylic acids is 2. The normalized spacial score (nSPS) is 11.0. The fourth-order valence-corrected chi connectivity index (χ4v) is 4.60. The molecule has 0 bridgehead atoms. The number of benzene rings is 3. The van der Waals surface area contributed by atoms with Crippen LogP contribution >= 0.6 is 0 Å². The quantitative estimate of drug-likeness (QED) is 0.113. The molecule has 0 aliphatic rings. The Labute approximate surface area is 265 Å². The minimum atomic E-state index is -0.543. The molecule has 0 atom stereocenters. The zero-order valence-corrected chi connectivity index (χ0v) is 25.6. The highest BCUT2D eigenvalue weighted by atomic mass is 19.1. The van der Waals surface area contributed by atoms with E-state index in [0.29, 0.717) is 35.2 Å². The van der Waals surface area contributed by atoms with Crippen LogP contribution in [-0.4, -0.2) is 35.8 Å². The molecule has 11 heteroatoms. The number of carbonyl (C=O) groups is 2. The second kappa shape index (κ2) is 14.8. The molecule has 5 rings (SSSR count). The Kier molecular flexibility index (Phi) is 10.1. The number of aryl methyl sites for hydroxylation is 2. The predicted molar refractivity (Wildman–Crippen MR) is 171 cm³/mol. The van der Waals surface area contributed by atoms with Crippen molar-refractivity contribution in [2.75, 3.05) is 18.5 Å². The fourth-order valence-electron chi connectivity index (χ4n) is 4.60. The Hall–Kier alpha value is -5.84. The minimum Gasteiger partial charge on any atom is -0.490 e. The standard InChI is InChI=1S/C35H33FN4O6/c1-4-43-33-19-25(11-17-31(33)45-22-34(41)38-30-8-6-5-7-29(30)36)20-37-39-35(42)32-18-16-28(46-32)21-44-27-14-12-26(13-15-27)40-23(2)9-10-24(40)3/h5-20H,4,21-22H2,1-3H3,(H,38,41)(H,39,42)/b37-20+. The van der Waals surface area contributed by atoms with Gasteiger partial charge >= 0.3 is 5.91 Å². The Bertz CT molecular complexity index is 1820. The van der Waals surface area contributed by atoms with E-state index >= 15 is 0 Å². The number of hydrogen-bond donors (Lipinski definition) is 2. The van der Waals surface area contributed by atoms with E-state index in [0.717, 1.165) is 17.1 Å². The van der Waals surface area contributed by atoms with Crippen LogP contribution in [0.5, 0.6) is 17.2 Å². The third-order valence-corrected chi connectivity index (χ3v) is 6.79. The maximum Gasteiger partial charge on any atom is 0.307 e. The summed E-state index contributed by atoms with van der Waals surface area (Å²) >= 11 is 0. The number of aromatic nitrogens is 1. The molecular weight excluding hydrogens is 591 g/mol. The maximum atomic E-state index is 13.8. The summed E-state index contributed by atoms with van der Waals surface area (Å²) < 4.78 is 38.7. The zero-order chi connectivity index (χ0) is 32.5. The molecule has 0 saturated carbocycles. The summed E-state index contributed by atoms with van der Waals surface area (Å²) in [5, 5.41) is 6.47. The maximum absolute atomic E-state index is 13.8. The first-order chi connectivity index (χ1) is 22.3. The van der Waals surface area contributed by atoms with Gasteiger partial charge in [-0.15, -0.1) is 0 Å². The van der Waals surface area contributed by atoms with Gasteiger partial charge in [-0.3, -0.25) is 9.59 Å². The molecular formula is C35H33FN4O6. The molecule has 46 heavy (non-hydrogen) atoms. The molecule has 0 fully saturated rings. The van der Waals surface area contributed by atoms with Gasteiger partial charge in [0.25, 0.3) is 5.91 Å². The summed E-state index contributed by atoms with van der Waals surface area (Å²) in [6.45, 7) is 6.07. The number of hydrazone groups is 1. The number of nitrogens with zero attached hydrogens (tertiary/aromatic N) is 2. The zero-order valence-electron chi connectivity index (χ0n) is 25.6. The van der Waals surface area contributed by atoms with Crippen LogP contribution in [-0.2, 0) is 11.4 Å². The highest BCUT2D eigenvalue weighted by Crippen LogP contribution is 2.28. The second-order valence-electron chi connectivity index (χ2n) is 10.2. The number of para-hydroxylation sites is 1. The van der Waals surface area contributed by atoms with Crippen LogP contribution in [0, 0.1) is 19.7 Å². The average Bonchev–Trinajstić information content (AvgIpc) is 3.67. The molecule has 2 amide bonds. The topological polar surface area (TPSA) is 116 Å². The van der Waals surface area contributed by atoms with Crippen LogP contribution in [0.3, 0.4) is 0 Å². The van der Waals surface area contributed by atoms with Crippen LogP contribution in [0.25, 0.3) is 5.69 Å². The molecule has 3 aromatic carbocycles. The summed E-state index contributed by atoms with van der Waals surface area (Å²) in [6.07, 6.45) is 1.43. The van der Waals surface area contributed by atoms with Crippen molar-refractivity contribution in [3.63, 3.8) is 0 Å². The van der Waals surface area contributed by atoms with Gasteiger partial charge < -0.3 is 28.5 Å². The fraction of sp³-hybridized carbons (Fsp3) is 0.171. The van der Waals surface area contributed by atoms with Gasteiger partial charge in [-0.2, -0.15) is 5.10 Å². The smallest absolute Gasteiger partial charge is 0.307 e. The molecule has 2 heterocycles. The summed E-state index contributed by atoms with van der Waals surface area (Å²) in [5.41, 5.74) is 6.45. The van der Waals surface area contributed by atoms with Gasteiger partial charge in [-0.05, 0) is 105 Å². The van der Waals surface area contributed by atoms with Crippen molar-refractivity contribution in [3.05, 3.63) is 125 Å². The predicted octanol–water partition coefficient (Wildman–Crippen LogP) is 6.59. The van der Waals surface area contributed by atoms with Crippen molar-refractivity contribution >= 4 is 23.7 Å². The molecule has 0 saturated heterocycles. The summed E-state index contributed by atoms with van der Waals surface area (Å²) in [7, 11) is 0. The van der Waals surface area contributed by atoms with E-state index in [4.69, 9.17) is 18.6 Å². The number of rotatable bonds is 13. The van der Waals surface area contributed by atoms with Crippen molar-refractivity contribution in [1.29, 1.82) is 0 Å². The molecule has 10 nitrogen and oxygen atoms in total. The molecule has 236 valence electrons. The van der Waals surface area contributed by atoms with Crippen molar-refractivity contribution in [2.45, 2.75) is 27.4 Å². The first-order valence-corrected chi connectivity index (χ1v) is 14.5. The first kappa shape index (κ1) is 31.6. The summed E-state index contributed by atoms with van der Waals surface area (Å²) in [6, 6.07) is 25.9. The van der Waals surface area contributed by atoms with E-state index in [2.05, 4.69) is 46.4 Å². The van der Waals surface area contributed by atoms with Crippen LogP contribution in [0.4, 0.5) is 10.1 Å². The second-order valence-corrected chi connectivity index (χ2v) is 10.2. The minimum absolute atomic E-state index is 0.0637. The molecule has 0 unspecified atom stereocenters. The molecule has 0 radical (unpaired) electrons. The van der Waals surface area contributed by atoms with Crippen LogP contribution in [0.15, 0.2) is 101 Å². The number of halogens is 1. The van der Waals surface area contributed by atoms with Gasteiger partial charge in [-0.25, -0.2) is 9.82 Å². The van der Waals surface area contributed by atoms with E-state index in [1.165, 1.54) is 24.4 Å². The monoisotopic (exact) mass is 624 g/mol. The number of furan rings is 1. The van der Waals surface area contributed by atoms with E-state index in [1.54, 1.807) is 43.3 Å². The largest absolute Gasteiger partial charge is 0.490 e. The van der Waals surface area contributed by atoms with Gasteiger partial charge in [0.15, 0.2) is 23.9 Å². The number of amides is 2. The number of hydrogen-bond acceptors (Lipinski definition) is 7. The first-order valence-electron chi connectivity index (χ1n) is 14.5. The molecule has 5 aromatic rings. The number of ether oxygens (including phenoxy) is 3. The molecule has 2 aromatic heterocycles. The lowest BCUT2D eigenvalue weighted by atomic mass is 10.2. The van der Waals surface area contributed by atoms with Crippen molar-refractivity contribution in [3.8, 4) is 22.9 Å². The van der Waals surface area contributed by atoms with E-state index in [-0.39, 0.29) is 24.7 Å². The van der Waals surface area contributed by atoms with Crippen LogP contribution in [0.1, 0.15) is 40.2 Å². The molecule has 0 aliphatic heterocycles. The van der Waals surface area contributed by atoms with Gasteiger partial charge in [0, 0.05) is 17.1 Å². The molecule has 0 aliphatic carbocycles. The lowest BCUT2D eigenvalue weighted by Crippen LogP contribution is -2.21. The summed E-state index contributed by atoms with van der Waals surface area (Å²) in [5.74, 6) is 0.324. The number of nitrogens with one attached hydrogen (secondary N) is 2. The SMILES string of the molecule is CCOc1cc(/C=N/NC(=O)c2ccc(COc3ccc(-n4c(C)ccc4C)cc3)o2)ccc1OCC(=O)Nc1ccccc1F. The van der Waals surface area contributed by atoms with Gasteiger partial charge in [-0.1, -0.05) is 12.1 Å². The van der Waals surface area contributed by atoms with Gasteiger partial charge in [0.05, 0.1) is 18.5 Å². The Balaban J connectivity index is 1.11. The van der Waals surface area contributed by atoms with E-state index in [9.17, 15) is 14.0 Å². The lowest BCUT2D eigenvalue weighted by molar-refractivity contribution is -0.118. The van der Waals surface area contributed by atoms with E-state index < -0.39 is 17.6 Å². The molecule has 0 spiro atoms. The number of anilines is 1. The third-order valence-electron chi connectivity index (χ3n) is 6.79. The Morgan fingerprint density at radius 2 is 1.65 bits per heavy atom. The highest BCUT2D eigenvalue weighted by Gasteiger charge is 2.13. The Morgan fingerprint density at radius 3 is 2.39 bits per heavy atom. The average molecular weight is 625 g/mol. The van der Waals surface area contributed by atoms with Crippen molar-refractivity contribution in [1.82, 2.24) is 9.99 Å². The van der Waals surface area contributed by atoms with Gasteiger partial charge in [0.1, 0.15) is 23.9 Å². The molecule has 2 N–H and O–H groups in total. The van der Waals surface area contributed by atoms with Crippen LogP contribution < -0.4 is 25.0 Å². The van der Waals surface area contributed by atoms with Gasteiger partial charge in [0.2, 0.25) is 0 Å². The lowest BCUT2D eigenvalue weighted by Gasteiger charge is -2.13. The van der Waals surface area contributed by atoms with E-state index in [1.807, 2.05) is 24.3 Å². The van der Waals surface area contributed by atoms with Crippen LogP contribution in [0.2, 0.25) is 0 Å². The van der Waals surface area contributed by atoms with Crippen molar-refractivity contribution in [2.24, 2.45) is 5.10 Å². The van der Waals surface area contributed by atoms with Crippen molar-refractivity contribution < 1.29 is 32.6 Å².